The fraction of sp³-hybridized carbons (Fsp3) is 0.368. The van der Waals surface area contributed by atoms with E-state index < -0.39 is 0 Å². The van der Waals surface area contributed by atoms with E-state index in [2.05, 4.69) is 20.3 Å². The zero-order valence-electron chi connectivity index (χ0n) is 15.5. The van der Waals surface area contributed by atoms with Crippen molar-refractivity contribution in [2.45, 2.75) is 31.8 Å². The van der Waals surface area contributed by atoms with Crippen LogP contribution in [0, 0.1) is 5.82 Å². The van der Waals surface area contributed by atoms with Crippen LogP contribution in [0.5, 0.6) is 0 Å². The topological polar surface area (TPSA) is 102 Å². The number of hydrogen-bond acceptors (Lipinski definition) is 7. The van der Waals surface area contributed by atoms with Crippen molar-refractivity contribution in [1.29, 1.82) is 0 Å². The summed E-state index contributed by atoms with van der Waals surface area (Å²) in [5, 5.41) is 3.60. The highest BCUT2D eigenvalue weighted by atomic mass is 32.2. The number of carbonyl (C=O) groups excluding carboxylic acids is 1. The normalized spacial score (nSPS) is 21.1. The number of aromatic nitrogens is 2. The summed E-state index contributed by atoms with van der Waals surface area (Å²) < 4.78 is 19.2. The van der Waals surface area contributed by atoms with E-state index in [1.165, 1.54) is 23.9 Å². The van der Waals surface area contributed by atoms with Crippen molar-refractivity contribution >= 4 is 28.8 Å². The number of nitrogens with two attached hydrogens (primary N) is 1. The summed E-state index contributed by atoms with van der Waals surface area (Å²) in [4.78, 5) is 25.8. The molecule has 7 nitrogen and oxygen atoms in total. The molecule has 1 aromatic heterocycles. The number of rotatable bonds is 3. The third-order valence-electron chi connectivity index (χ3n) is 4.92. The molecule has 9 heteroatoms. The third kappa shape index (κ3) is 3.30. The lowest BCUT2D eigenvalue weighted by Crippen LogP contribution is -2.38. The van der Waals surface area contributed by atoms with Gasteiger partial charge >= 0.3 is 0 Å². The number of nitrogen functional groups attached to an aromatic ring is 1. The highest BCUT2D eigenvalue weighted by molar-refractivity contribution is 8.13. The second-order valence-electron chi connectivity index (χ2n) is 6.63. The van der Waals surface area contributed by atoms with Crippen molar-refractivity contribution < 1.29 is 13.9 Å². The molecule has 0 radical (unpaired) electrons. The van der Waals surface area contributed by atoms with Crippen molar-refractivity contribution in [3.05, 3.63) is 52.1 Å². The monoisotopic (exact) mass is 401 g/mol. The van der Waals surface area contributed by atoms with Crippen molar-refractivity contribution in [2.24, 2.45) is 4.99 Å². The average Bonchev–Trinajstić information content (AvgIpc) is 3.16. The molecule has 1 aromatic carbocycles. The second-order valence-corrected chi connectivity index (χ2v) is 7.60. The van der Waals surface area contributed by atoms with Crippen LogP contribution in [-0.4, -0.2) is 34.0 Å². The third-order valence-corrected chi connectivity index (χ3v) is 5.93. The Morgan fingerprint density at radius 1 is 1.36 bits per heavy atom. The molecule has 1 unspecified atom stereocenters. The summed E-state index contributed by atoms with van der Waals surface area (Å²) in [6.07, 6.45) is 1.04. The van der Waals surface area contributed by atoms with E-state index in [-0.39, 0.29) is 29.8 Å². The van der Waals surface area contributed by atoms with Crippen molar-refractivity contribution in [1.82, 2.24) is 15.3 Å². The number of methoxy groups -OCH3 is 1. The van der Waals surface area contributed by atoms with Gasteiger partial charge in [-0.05, 0) is 29.7 Å². The molecule has 28 heavy (non-hydrogen) atoms. The standard InChI is InChI=1S/C19H20FN5O2S/c1-3-12-16-14(24-18(21)23-12)7-13(22-17(16)26)10-5-4-9(20)6-11(10)15-8-28-19(25-15)27-2/h4-6,13,15H,3,7-8H2,1-2H3,(H,22,26)(H2,21,23,24)/t13-,15?/m1/s1. The van der Waals surface area contributed by atoms with Crippen molar-refractivity contribution in [3.63, 3.8) is 0 Å². The summed E-state index contributed by atoms with van der Waals surface area (Å²) in [7, 11) is 1.56. The van der Waals surface area contributed by atoms with Gasteiger partial charge in [-0.1, -0.05) is 24.8 Å². The Morgan fingerprint density at radius 3 is 2.89 bits per heavy atom. The molecule has 0 saturated carbocycles. The molecule has 1 amide bonds. The van der Waals surface area contributed by atoms with Crippen LogP contribution in [0.3, 0.4) is 0 Å². The molecule has 2 aliphatic heterocycles. The Hall–Kier alpha value is -2.68. The van der Waals surface area contributed by atoms with Gasteiger partial charge in [0.2, 0.25) is 11.2 Å². The van der Waals surface area contributed by atoms with Gasteiger partial charge in [0.15, 0.2) is 0 Å². The highest BCUT2D eigenvalue weighted by Crippen LogP contribution is 2.37. The second kappa shape index (κ2) is 7.38. The van der Waals surface area contributed by atoms with Crippen LogP contribution in [0.15, 0.2) is 23.2 Å². The Bertz CT molecular complexity index is 981. The van der Waals surface area contributed by atoms with Gasteiger partial charge in [-0.15, -0.1) is 0 Å². The largest absolute Gasteiger partial charge is 0.476 e. The minimum atomic E-state index is -0.346. The first-order valence-electron chi connectivity index (χ1n) is 9.00. The van der Waals surface area contributed by atoms with E-state index >= 15 is 0 Å². The number of benzene rings is 1. The lowest BCUT2D eigenvalue weighted by molar-refractivity contribution is 0.0922. The Kier molecular flexibility index (Phi) is 4.92. The molecule has 0 aliphatic carbocycles. The summed E-state index contributed by atoms with van der Waals surface area (Å²) >= 11 is 1.48. The molecule has 0 spiro atoms. The van der Waals surface area contributed by atoms with Crippen LogP contribution < -0.4 is 11.1 Å². The fourth-order valence-electron chi connectivity index (χ4n) is 3.68. The minimum absolute atomic E-state index is 0.157. The first kappa shape index (κ1) is 18.7. The molecular weight excluding hydrogens is 381 g/mol. The zero-order valence-corrected chi connectivity index (χ0v) is 16.3. The molecule has 3 N–H and O–H groups in total. The molecule has 0 bridgehead atoms. The lowest BCUT2D eigenvalue weighted by Gasteiger charge is -2.28. The molecular formula is C19H20FN5O2S. The molecule has 146 valence electrons. The van der Waals surface area contributed by atoms with Gasteiger partial charge in [0.1, 0.15) is 5.82 Å². The van der Waals surface area contributed by atoms with Gasteiger partial charge in [0, 0.05) is 12.2 Å². The number of carbonyl (C=O) groups is 1. The maximum absolute atomic E-state index is 14.0. The van der Waals surface area contributed by atoms with Gasteiger partial charge in [0.05, 0.1) is 36.1 Å². The zero-order chi connectivity index (χ0) is 19.8. The van der Waals surface area contributed by atoms with E-state index in [1.807, 2.05) is 6.92 Å². The van der Waals surface area contributed by atoms with E-state index in [0.717, 1.165) is 11.1 Å². The maximum Gasteiger partial charge on any atom is 0.255 e. The number of aryl methyl sites for hydroxylation is 1. The van der Waals surface area contributed by atoms with Gasteiger partial charge in [0.25, 0.3) is 5.91 Å². The molecule has 2 atom stereocenters. The number of ether oxygens (including phenoxy) is 1. The van der Waals surface area contributed by atoms with Crippen LogP contribution in [0.1, 0.15) is 51.9 Å². The first-order valence-corrected chi connectivity index (χ1v) is 9.98. The van der Waals surface area contributed by atoms with Gasteiger partial charge < -0.3 is 15.8 Å². The van der Waals surface area contributed by atoms with E-state index in [9.17, 15) is 9.18 Å². The molecule has 3 heterocycles. The van der Waals surface area contributed by atoms with E-state index in [1.54, 1.807) is 13.2 Å². The number of fused-ring (bicyclic) bond motifs is 1. The quantitative estimate of drug-likeness (QED) is 0.820. The number of amides is 1. The number of nitrogens with one attached hydrogen (secondary N) is 1. The summed E-state index contributed by atoms with van der Waals surface area (Å²) in [5.74, 6) is 0.240. The summed E-state index contributed by atoms with van der Waals surface area (Å²) in [6, 6.07) is 4.01. The number of hydrogen-bond donors (Lipinski definition) is 2. The number of aliphatic imine (C=N–C) groups is 1. The summed E-state index contributed by atoms with van der Waals surface area (Å²) in [5.41, 5.74) is 9.15. The number of anilines is 1. The van der Waals surface area contributed by atoms with Crippen molar-refractivity contribution in [2.75, 3.05) is 18.6 Å². The Labute approximate surface area is 166 Å². The van der Waals surface area contributed by atoms with Crippen LogP contribution in [0.25, 0.3) is 0 Å². The van der Waals surface area contributed by atoms with E-state index in [4.69, 9.17) is 10.5 Å². The van der Waals surface area contributed by atoms with Crippen LogP contribution in [0.4, 0.5) is 10.3 Å². The van der Waals surface area contributed by atoms with Gasteiger partial charge in [-0.25, -0.2) is 19.4 Å². The molecule has 0 saturated heterocycles. The highest BCUT2D eigenvalue weighted by Gasteiger charge is 2.33. The molecule has 2 aromatic rings. The van der Waals surface area contributed by atoms with Crippen molar-refractivity contribution in [3.8, 4) is 0 Å². The molecule has 0 fully saturated rings. The predicted octanol–water partition coefficient (Wildman–Crippen LogP) is 2.58. The number of thioether (sulfide) groups is 1. The summed E-state index contributed by atoms with van der Waals surface area (Å²) in [6.45, 7) is 1.92. The van der Waals surface area contributed by atoms with Crippen LogP contribution in [0.2, 0.25) is 0 Å². The van der Waals surface area contributed by atoms with E-state index in [0.29, 0.717) is 40.8 Å². The Morgan fingerprint density at radius 2 is 2.18 bits per heavy atom. The van der Waals surface area contributed by atoms with Gasteiger partial charge in [-0.3, -0.25) is 4.79 Å². The van der Waals surface area contributed by atoms with Crippen LogP contribution >= 0.6 is 11.8 Å². The molecule has 2 aliphatic rings. The lowest BCUT2D eigenvalue weighted by atomic mass is 9.89. The molecule has 4 rings (SSSR count). The first-order chi connectivity index (χ1) is 13.5. The SMILES string of the molecule is CCc1nc(N)nc2c1C(=O)N[C@@H](c1ccc(F)cc1C1CSC(OC)=N1)C2. The maximum atomic E-state index is 14.0. The number of nitrogens with zero attached hydrogens (tertiary/aromatic N) is 3. The van der Waals surface area contributed by atoms with Gasteiger partial charge in [-0.2, -0.15) is 0 Å². The smallest absolute Gasteiger partial charge is 0.255 e. The fourth-order valence-corrected chi connectivity index (χ4v) is 4.56. The van der Waals surface area contributed by atoms with Crippen LogP contribution in [-0.2, 0) is 17.6 Å². The number of halogens is 1. The average molecular weight is 401 g/mol. The predicted molar refractivity (Wildman–Crippen MR) is 106 cm³/mol. The Balaban J connectivity index is 1.74. The minimum Gasteiger partial charge on any atom is -0.476 e.